The van der Waals surface area contributed by atoms with Gasteiger partial charge in [0.1, 0.15) is 11.6 Å². The van der Waals surface area contributed by atoms with E-state index in [9.17, 15) is 0 Å². The fourth-order valence-corrected chi connectivity index (χ4v) is 2.70. The number of nitrogens with zero attached hydrogens (tertiary/aromatic N) is 2. The SMILES string of the molecule is CCCNc1nc(Cc2c(Cl)cccc2Cl)ncc1I. The highest BCUT2D eigenvalue weighted by Crippen LogP contribution is 2.26. The number of hydrogen-bond donors (Lipinski definition) is 1. The maximum Gasteiger partial charge on any atom is 0.143 e. The number of halogens is 3. The highest BCUT2D eigenvalue weighted by Gasteiger charge is 2.10. The Labute approximate surface area is 142 Å². The molecule has 0 atom stereocenters. The minimum atomic E-state index is 0.524. The van der Waals surface area contributed by atoms with Crippen molar-refractivity contribution < 1.29 is 0 Å². The zero-order valence-electron chi connectivity index (χ0n) is 11.0. The predicted molar refractivity (Wildman–Crippen MR) is 92.8 cm³/mol. The van der Waals surface area contributed by atoms with Gasteiger partial charge in [0.05, 0.1) is 3.57 Å². The molecule has 1 N–H and O–H groups in total. The van der Waals surface area contributed by atoms with Gasteiger partial charge < -0.3 is 5.32 Å². The Morgan fingerprint density at radius 3 is 2.60 bits per heavy atom. The smallest absolute Gasteiger partial charge is 0.143 e. The molecule has 0 aliphatic rings. The lowest BCUT2D eigenvalue weighted by Gasteiger charge is -2.09. The van der Waals surface area contributed by atoms with Crippen LogP contribution >= 0.6 is 45.8 Å². The van der Waals surface area contributed by atoms with Crippen molar-refractivity contribution in [2.75, 3.05) is 11.9 Å². The largest absolute Gasteiger partial charge is 0.369 e. The van der Waals surface area contributed by atoms with Crippen molar-refractivity contribution in [2.45, 2.75) is 19.8 Å². The third kappa shape index (κ3) is 3.96. The summed E-state index contributed by atoms with van der Waals surface area (Å²) in [6.45, 7) is 3.00. The molecule has 1 aromatic carbocycles. The van der Waals surface area contributed by atoms with Crippen molar-refractivity contribution in [1.82, 2.24) is 9.97 Å². The maximum absolute atomic E-state index is 6.18. The quantitative estimate of drug-likeness (QED) is 0.704. The molecule has 0 aliphatic heterocycles. The van der Waals surface area contributed by atoms with Crippen molar-refractivity contribution in [3.63, 3.8) is 0 Å². The summed E-state index contributed by atoms with van der Waals surface area (Å²) in [5.41, 5.74) is 0.860. The average molecular weight is 422 g/mol. The lowest BCUT2D eigenvalue weighted by Crippen LogP contribution is -2.07. The van der Waals surface area contributed by atoms with Crippen molar-refractivity contribution in [3.05, 3.63) is 49.4 Å². The first-order valence-electron chi connectivity index (χ1n) is 6.30. The van der Waals surface area contributed by atoms with E-state index in [0.717, 1.165) is 27.9 Å². The van der Waals surface area contributed by atoms with Gasteiger partial charge >= 0.3 is 0 Å². The molecule has 6 heteroatoms. The van der Waals surface area contributed by atoms with Gasteiger partial charge in [-0.25, -0.2) is 9.97 Å². The highest BCUT2D eigenvalue weighted by atomic mass is 127. The monoisotopic (exact) mass is 421 g/mol. The number of anilines is 1. The molecule has 0 radical (unpaired) electrons. The summed E-state index contributed by atoms with van der Waals surface area (Å²) >= 11 is 14.6. The van der Waals surface area contributed by atoms with Gasteiger partial charge in [0.15, 0.2) is 0 Å². The molecular weight excluding hydrogens is 408 g/mol. The Morgan fingerprint density at radius 1 is 1.25 bits per heavy atom. The van der Waals surface area contributed by atoms with E-state index in [1.54, 1.807) is 0 Å². The van der Waals surface area contributed by atoms with E-state index < -0.39 is 0 Å². The van der Waals surface area contributed by atoms with Gasteiger partial charge in [0.2, 0.25) is 0 Å². The predicted octanol–water partition coefficient (Wildman–Crippen LogP) is 4.80. The van der Waals surface area contributed by atoms with Crippen LogP contribution < -0.4 is 5.32 Å². The van der Waals surface area contributed by atoms with Crippen molar-refractivity contribution in [3.8, 4) is 0 Å². The molecular formula is C14H14Cl2IN3. The second kappa shape index (κ2) is 7.43. The molecule has 1 heterocycles. The maximum atomic E-state index is 6.18. The fourth-order valence-electron chi connectivity index (χ4n) is 1.72. The van der Waals surface area contributed by atoms with Crippen molar-refractivity contribution in [1.29, 1.82) is 0 Å². The topological polar surface area (TPSA) is 37.8 Å². The van der Waals surface area contributed by atoms with E-state index in [1.165, 1.54) is 0 Å². The second-order valence-electron chi connectivity index (χ2n) is 4.29. The Morgan fingerprint density at radius 2 is 1.95 bits per heavy atom. The molecule has 0 fully saturated rings. The van der Waals surface area contributed by atoms with E-state index in [0.29, 0.717) is 22.3 Å². The van der Waals surface area contributed by atoms with Crippen LogP contribution in [0.15, 0.2) is 24.4 Å². The van der Waals surface area contributed by atoms with Crippen molar-refractivity contribution in [2.24, 2.45) is 0 Å². The Bertz CT molecular complexity index is 585. The summed E-state index contributed by atoms with van der Waals surface area (Å²) in [6.07, 6.45) is 3.38. The molecule has 2 aromatic rings. The first kappa shape index (κ1) is 15.8. The van der Waals surface area contributed by atoms with Gasteiger partial charge in [-0.2, -0.15) is 0 Å². The standard InChI is InChI=1S/C14H14Cl2IN3/c1-2-6-18-14-12(17)8-19-13(20-14)7-9-10(15)4-3-5-11(9)16/h3-5,8H,2,6-7H2,1H3,(H,18,19,20). The van der Waals surface area contributed by atoms with Gasteiger partial charge in [0, 0.05) is 29.2 Å². The summed E-state index contributed by atoms with van der Waals surface area (Å²) in [7, 11) is 0. The number of benzene rings is 1. The summed E-state index contributed by atoms with van der Waals surface area (Å²) < 4.78 is 1.00. The van der Waals surface area contributed by atoms with E-state index in [2.05, 4.69) is 44.8 Å². The van der Waals surface area contributed by atoms with E-state index in [4.69, 9.17) is 23.2 Å². The van der Waals surface area contributed by atoms with Gasteiger partial charge in [-0.15, -0.1) is 0 Å². The van der Waals surface area contributed by atoms with Gasteiger partial charge in [-0.3, -0.25) is 0 Å². The van der Waals surface area contributed by atoms with Gasteiger partial charge in [0.25, 0.3) is 0 Å². The second-order valence-corrected chi connectivity index (χ2v) is 6.26. The Balaban J connectivity index is 2.25. The molecule has 106 valence electrons. The van der Waals surface area contributed by atoms with Gasteiger partial charge in [-0.1, -0.05) is 36.2 Å². The first-order chi connectivity index (χ1) is 9.61. The Hall–Kier alpha value is -0.590. The van der Waals surface area contributed by atoms with Crippen LogP contribution in [0, 0.1) is 3.57 Å². The van der Waals surface area contributed by atoms with Crippen LogP contribution in [0.1, 0.15) is 24.7 Å². The molecule has 0 amide bonds. The molecule has 0 bridgehead atoms. The van der Waals surface area contributed by atoms with Crippen molar-refractivity contribution >= 4 is 51.6 Å². The van der Waals surface area contributed by atoms with Crippen LogP contribution in [0.3, 0.4) is 0 Å². The lowest BCUT2D eigenvalue weighted by atomic mass is 10.1. The molecule has 0 aliphatic carbocycles. The molecule has 0 spiro atoms. The molecule has 0 unspecified atom stereocenters. The van der Waals surface area contributed by atoms with Crippen LogP contribution in [0.2, 0.25) is 10.0 Å². The number of nitrogens with one attached hydrogen (secondary N) is 1. The molecule has 3 nitrogen and oxygen atoms in total. The number of hydrogen-bond acceptors (Lipinski definition) is 3. The molecule has 20 heavy (non-hydrogen) atoms. The van der Waals surface area contributed by atoms with E-state index in [-0.39, 0.29) is 0 Å². The number of rotatable bonds is 5. The van der Waals surface area contributed by atoms with Gasteiger partial charge in [-0.05, 0) is 46.7 Å². The third-order valence-electron chi connectivity index (χ3n) is 2.73. The van der Waals surface area contributed by atoms with E-state index in [1.807, 2.05) is 24.4 Å². The average Bonchev–Trinajstić information content (AvgIpc) is 2.43. The zero-order valence-corrected chi connectivity index (χ0v) is 14.6. The molecule has 0 saturated heterocycles. The lowest BCUT2D eigenvalue weighted by molar-refractivity contribution is 0.926. The highest BCUT2D eigenvalue weighted by molar-refractivity contribution is 14.1. The minimum Gasteiger partial charge on any atom is -0.369 e. The summed E-state index contributed by atoms with van der Waals surface area (Å²) in [6, 6.07) is 5.48. The fraction of sp³-hybridized carbons (Fsp3) is 0.286. The van der Waals surface area contributed by atoms with Crippen LogP contribution in [0.25, 0.3) is 0 Å². The number of aromatic nitrogens is 2. The third-order valence-corrected chi connectivity index (χ3v) is 4.23. The molecule has 2 rings (SSSR count). The van der Waals surface area contributed by atoms with Crippen LogP contribution in [-0.4, -0.2) is 16.5 Å². The molecule has 1 aromatic heterocycles. The van der Waals surface area contributed by atoms with E-state index >= 15 is 0 Å². The minimum absolute atomic E-state index is 0.524. The van der Waals surface area contributed by atoms with Crippen LogP contribution in [0.4, 0.5) is 5.82 Å². The molecule has 0 saturated carbocycles. The van der Waals surface area contributed by atoms with Crippen LogP contribution in [0.5, 0.6) is 0 Å². The summed E-state index contributed by atoms with van der Waals surface area (Å²) in [5.74, 6) is 1.57. The summed E-state index contributed by atoms with van der Waals surface area (Å²) in [4.78, 5) is 8.89. The zero-order chi connectivity index (χ0) is 14.5. The Kier molecular flexibility index (Phi) is 5.86. The normalized spacial score (nSPS) is 10.6. The summed E-state index contributed by atoms with van der Waals surface area (Å²) in [5, 5.41) is 4.58. The van der Waals surface area contributed by atoms with Crippen LogP contribution in [-0.2, 0) is 6.42 Å². The first-order valence-corrected chi connectivity index (χ1v) is 8.13.